The van der Waals surface area contributed by atoms with Crippen LogP contribution < -0.4 is 0 Å². The summed E-state index contributed by atoms with van der Waals surface area (Å²) in [4.78, 5) is 25.2. The van der Waals surface area contributed by atoms with Crippen molar-refractivity contribution in [2.24, 2.45) is 0 Å². The van der Waals surface area contributed by atoms with E-state index in [2.05, 4.69) is 130 Å². The van der Waals surface area contributed by atoms with Gasteiger partial charge in [0.15, 0.2) is 6.10 Å². The predicted molar refractivity (Wildman–Crippen MR) is 260 cm³/mol. The van der Waals surface area contributed by atoms with Crippen LogP contribution in [0.3, 0.4) is 0 Å². The highest BCUT2D eigenvalue weighted by Crippen LogP contribution is 2.12. The Morgan fingerprint density at radius 1 is 0.400 bits per heavy atom. The van der Waals surface area contributed by atoms with Gasteiger partial charge in [0.05, 0.1) is 13.0 Å². The summed E-state index contributed by atoms with van der Waals surface area (Å²) in [5, 5.41) is 0. The van der Waals surface area contributed by atoms with Crippen molar-refractivity contribution in [3.05, 3.63) is 122 Å². The molecule has 0 aliphatic rings. The average Bonchev–Trinajstić information content (AvgIpc) is 3.25. The molecule has 1 atom stereocenters. The molecule has 0 aromatic heterocycles. The summed E-state index contributed by atoms with van der Waals surface area (Å²) >= 11 is 0. The Bertz CT molecular complexity index is 1260. The van der Waals surface area contributed by atoms with Crippen LogP contribution in [-0.4, -0.2) is 37.9 Å². The van der Waals surface area contributed by atoms with Crippen molar-refractivity contribution in [3.63, 3.8) is 0 Å². The van der Waals surface area contributed by atoms with Gasteiger partial charge in [0.1, 0.15) is 6.61 Å². The minimum atomic E-state index is -0.618. The maximum atomic E-state index is 12.7. The predicted octanol–water partition coefficient (Wildman–Crippen LogP) is 16.2. The number of ether oxygens (including phenoxy) is 3. The minimum Gasteiger partial charge on any atom is -0.462 e. The van der Waals surface area contributed by atoms with Gasteiger partial charge < -0.3 is 14.2 Å². The third kappa shape index (κ3) is 47.0. The first-order chi connectivity index (χ1) is 29.6. The van der Waals surface area contributed by atoms with Gasteiger partial charge in [-0.05, 0) is 83.5 Å². The van der Waals surface area contributed by atoms with Crippen molar-refractivity contribution in [3.8, 4) is 0 Å². The third-order valence-electron chi connectivity index (χ3n) is 9.53. The summed E-state index contributed by atoms with van der Waals surface area (Å²) in [7, 11) is 0. The van der Waals surface area contributed by atoms with E-state index in [1.807, 2.05) is 12.2 Å². The molecular formula is C55H88O5. The zero-order valence-electron chi connectivity index (χ0n) is 38.7. The molecule has 0 aromatic carbocycles. The minimum absolute atomic E-state index is 0.0103. The molecule has 0 saturated heterocycles. The molecular weight excluding hydrogens is 741 g/mol. The quantitative estimate of drug-likeness (QED) is 0.0348. The van der Waals surface area contributed by atoms with Crippen molar-refractivity contribution in [1.82, 2.24) is 0 Å². The van der Waals surface area contributed by atoms with Crippen LogP contribution in [0, 0.1) is 0 Å². The van der Waals surface area contributed by atoms with Crippen molar-refractivity contribution in [2.75, 3.05) is 19.8 Å². The van der Waals surface area contributed by atoms with Crippen LogP contribution in [0.5, 0.6) is 0 Å². The van der Waals surface area contributed by atoms with Crippen LogP contribution >= 0.6 is 0 Å². The molecule has 5 nitrogen and oxygen atoms in total. The fourth-order valence-electron chi connectivity index (χ4n) is 6.03. The molecule has 0 aliphatic heterocycles. The molecule has 0 radical (unpaired) electrons. The highest BCUT2D eigenvalue weighted by atomic mass is 16.6. The van der Waals surface area contributed by atoms with E-state index < -0.39 is 6.10 Å². The van der Waals surface area contributed by atoms with Crippen molar-refractivity contribution < 1.29 is 23.8 Å². The maximum Gasteiger partial charge on any atom is 0.310 e. The first-order valence-electron chi connectivity index (χ1n) is 24.1. The van der Waals surface area contributed by atoms with Gasteiger partial charge in [0.25, 0.3) is 0 Å². The molecule has 0 aromatic rings. The van der Waals surface area contributed by atoms with Crippen LogP contribution in [0.4, 0.5) is 0 Å². The second-order valence-corrected chi connectivity index (χ2v) is 15.3. The Kier molecular flexibility index (Phi) is 46.6. The molecule has 0 saturated carbocycles. The van der Waals surface area contributed by atoms with Gasteiger partial charge in [-0.1, -0.05) is 213 Å². The molecule has 5 heteroatoms. The summed E-state index contributed by atoms with van der Waals surface area (Å²) in [6, 6.07) is 0. The Balaban J connectivity index is 4.50. The summed E-state index contributed by atoms with van der Waals surface area (Å²) in [5.74, 6) is -0.619. The zero-order valence-corrected chi connectivity index (χ0v) is 38.7. The smallest absolute Gasteiger partial charge is 0.310 e. The van der Waals surface area contributed by atoms with E-state index in [1.54, 1.807) is 0 Å². The van der Waals surface area contributed by atoms with E-state index >= 15 is 0 Å². The lowest BCUT2D eigenvalue weighted by Gasteiger charge is -2.18. The summed E-state index contributed by atoms with van der Waals surface area (Å²) in [5.41, 5.74) is 0. The van der Waals surface area contributed by atoms with E-state index in [-0.39, 0.29) is 31.6 Å². The molecule has 338 valence electrons. The van der Waals surface area contributed by atoms with E-state index in [0.29, 0.717) is 19.4 Å². The van der Waals surface area contributed by atoms with E-state index in [9.17, 15) is 9.59 Å². The van der Waals surface area contributed by atoms with Crippen LogP contribution in [0.25, 0.3) is 0 Å². The fourth-order valence-corrected chi connectivity index (χ4v) is 6.03. The van der Waals surface area contributed by atoms with E-state index in [1.165, 1.54) is 64.2 Å². The lowest BCUT2D eigenvalue weighted by atomic mass is 10.1. The van der Waals surface area contributed by atoms with Gasteiger partial charge in [-0.2, -0.15) is 0 Å². The summed E-state index contributed by atoms with van der Waals surface area (Å²) in [6.45, 7) is 7.41. The summed E-state index contributed by atoms with van der Waals surface area (Å²) < 4.78 is 17.2. The molecule has 0 amide bonds. The first kappa shape index (κ1) is 56.3. The van der Waals surface area contributed by atoms with Crippen molar-refractivity contribution >= 4 is 11.9 Å². The van der Waals surface area contributed by atoms with Crippen LogP contribution in [0.15, 0.2) is 122 Å². The summed E-state index contributed by atoms with van der Waals surface area (Å²) in [6.07, 6.45) is 69.4. The molecule has 60 heavy (non-hydrogen) atoms. The zero-order chi connectivity index (χ0) is 43.5. The lowest BCUT2D eigenvalue weighted by molar-refractivity contribution is -0.162. The average molecular weight is 829 g/mol. The normalized spacial score (nSPS) is 13.3. The number of carbonyl (C=O) groups is 2. The number of hydrogen-bond acceptors (Lipinski definition) is 5. The monoisotopic (exact) mass is 829 g/mol. The third-order valence-corrected chi connectivity index (χ3v) is 9.53. The molecule has 0 spiro atoms. The fraction of sp³-hybridized carbons (Fsp3) is 0.600. The maximum absolute atomic E-state index is 12.7. The molecule has 0 rings (SSSR count). The molecule has 1 unspecified atom stereocenters. The topological polar surface area (TPSA) is 61.8 Å². The molecule has 0 heterocycles. The number of allylic oxidation sites excluding steroid dienone is 19. The number of esters is 2. The second-order valence-electron chi connectivity index (χ2n) is 15.3. The van der Waals surface area contributed by atoms with Gasteiger partial charge >= 0.3 is 11.9 Å². The van der Waals surface area contributed by atoms with Gasteiger partial charge in [-0.25, -0.2) is 0 Å². The first-order valence-corrected chi connectivity index (χ1v) is 24.1. The Morgan fingerprint density at radius 2 is 0.783 bits per heavy atom. The van der Waals surface area contributed by atoms with Crippen molar-refractivity contribution in [2.45, 2.75) is 194 Å². The molecule has 0 bridgehead atoms. The van der Waals surface area contributed by atoms with Crippen LogP contribution in [-0.2, 0) is 23.8 Å². The Labute approximate surface area is 369 Å². The highest BCUT2D eigenvalue weighted by Gasteiger charge is 2.17. The highest BCUT2D eigenvalue weighted by molar-refractivity contribution is 5.71. The SMILES string of the molecule is CC/C=C\C/C=C\C/C=C\C/C=C\C/C=C\CCCC(=O)OCC(COCCCCCCCCCCCCCC)OC(=O)C/C=C\C/C=C\C/C=C\C/C=C\C/C=C\CC. The van der Waals surface area contributed by atoms with E-state index in [4.69, 9.17) is 14.2 Å². The van der Waals surface area contributed by atoms with E-state index in [0.717, 1.165) is 83.5 Å². The van der Waals surface area contributed by atoms with Crippen LogP contribution in [0.2, 0.25) is 0 Å². The van der Waals surface area contributed by atoms with Gasteiger partial charge in [0, 0.05) is 13.0 Å². The van der Waals surface area contributed by atoms with Crippen molar-refractivity contribution in [1.29, 1.82) is 0 Å². The number of hydrogen-bond donors (Lipinski definition) is 0. The second kappa shape index (κ2) is 49.7. The van der Waals surface area contributed by atoms with Gasteiger partial charge in [-0.3, -0.25) is 9.59 Å². The lowest BCUT2D eigenvalue weighted by Crippen LogP contribution is -2.29. The largest absolute Gasteiger partial charge is 0.462 e. The molecule has 0 fully saturated rings. The van der Waals surface area contributed by atoms with Gasteiger partial charge in [0.2, 0.25) is 0 Å². The Hall–Kier alpha value is -3.70. The Morgan fingerprint density at radius 3 is 1.22 bits per heavy atom. The number of carbonyl (C=O) groups excluding carboxylic acids is 2. The standard InChI is InChI=1S/C55H88O5/c1-4-7-10-13-16-19-22-25-27-28-30-31-33-36-39-42-45-48-54(56)59-52-53(51-58-50-47-44-41-38-35-24-21-18-15-12-9-6-3)60-55(57)49-46-43-40-37-34-32-29-26-23-20-17-14-11-8-5-2/h7-8,10-11,16-17,19-20,25-27,29-31,34,36-37,39,43,46,53H,4-6,9,12-15,18,21-24,28,32-33,35,38,40-42,44-45,47-52H2,1-3H3/b10-7-,11-8-,19-16-,20-17-,27-25-,29-26-,31-30-,37-34-,39-36-,46-43-. The molecule has 0 N–H and O–H groups in total. The van der Waals surface area contributed by atoms with Crippen LogP contribution in [0.1, 0.15) is 188 Å². The molecule has 0 aliphatic carbocycles. The number of rotatable bonds is 42. The van der Waals surface area contributed by atoms with Gasteiger partial charge in [-0.15, -0.1) is 0 Å². The number of unbranched alkanes of at least 4 members (excludes halogenated alkanes) is 12.